The van der Waals surface area contributed by atoms with Crippen molar-refractivity contribution in [3.05, 3.63) is 89.0 Å². The number of nitrogens with zero attached hydrogens (tertiary/aromatic N) is 2. The Morgan fingerprint density at radius 2 is 1.58 bits per heavy atom. The van der Waals surface area contributed by atoms with Crippen molar-refractivity contribution in [1.29, 1.82) is 0 Å². The Morgan fingerprint density at radius 1 is 0.943 bits per heavy atom. The highest BCUT2D eigenvalue weighted by Gasteiger charge is 2.57. The zero-order valence-electron chi connectivity index (χ0n) is 33.3. The van der Waals surface area contributed by atoms with Crippen molar-refractivity contribution in [3.63, 3.8) is 0 Å². The number of ether oxygens (including phenoxy) is 3. The summed E-state index contributed by atoms with van der Waals surface area (Å²) < 4.78 is 57.2. The first-order chi connectivity index (χ1) is 25.2. The molecule has 1 fully saturated rings. The van der Waals surface area contributed by atoms with Crippen LogP contribution in [0.5, 0.6) is 5.75 Å². The lowest BCUT2D eigenvalue weighted by Gasteiger charge is -2.55. The minimum atomic E-state index is -4.01. The number of aryl methyl sites for hydroxylation is 1. The van der Waals surface area contributed by atoms with Gasteiger partial charge in [0, 0.05) is 32.7 Å². The van der Waals surface area contributed by atoms with Gasteiger partial charge >= 0.3 is 0 Å². The summed E-state index contributed by atoms with van der Waals surface area (Å²) in [5.41, 5.74) is 4.47. The minimum Gasteiger partial charge on any atom is -0.490 e. The number of hydrogen-bond donors (Lipinski definition) is 1. The zero-order valence-corrected chi connectivity index (χ0v) is 35.1. The number of benzene rings is 3. The molecule has 0 aliphatic carbocycles. The molecule has 2 heterocycles. The first kappa shape index (κ1) is 41.4. The Bertz CT molecular complexity index is 1730. The van der Waals surface area contributed by atoms with Gasteiger partial charge in [-0.15, -0.1) is 0 Å². The van der Waals surface area contributed by atoms with Crippen molar-refractivity contribution in [3.8, 4) is 5.75 Å². The van der Waals surface area contributed by atoms with Gasteiger partial charge < -0.3 is 28.6 Å². The van der Waals surface area contributed by atoms with Gasteiger partial charge in [0.1, 0.15) is 18.1 Å². The minimum absolute atomic E-state index is 0.0515. The Labute approximate surface area is 319 Å². The lowest BCUT2D eigenvalue weighted by molar-refractivity contribution is -0.118. The molecular weight excluding hydrogens is 705 g/mol. The Kier molecular flexibility index (Phi) is 13.6. The molecule has 1 N–H and O–H groups in total. The van der Waals surface area contributed by atoms with E-state index in [1.807, 2.05) is 62.4 Å². The topological polar surface area (TPSA) is 97.8 Å². The second-order valence-electron chi connectivity index (χ2n) is 16.0. The van der Waals surface area contributed by atoms with E-state index in [2.05, 4.69) is 52.5 Å². The van der Waals surface area contributed by atoms with Crippen molar-refractivity contribution in [2.24, 2.45) is 0 Å². The SMILES string of the molecule is COCCCN1CCOc2ccc(CO[C@H]3CN(S(=O)(=O)c4ccc(C)cc4)[C@@](C)(O[Si](C(C)C)(C(C)C)C(C)C)C[C@@H]3c3ccc(CO)cc3)cc21. The number of rotatable bonds is 16. The van der Waals surface area contributed by atoms with E-state index in [0.717, 1.165) is 53.2 Å². The van der Waals surface area contributed by atoms with Crippen LogP contribution in [0.4, 0.5) is 5.69 Å². The molecular formula is C42H62N2O7SSi. The van der Waals surface area contributed by atoms with E-state index in [4.69, 9.17) is 18.6 Å². The van der Waals surface area contributed by atoms with Crippen LogP contribution in [0, 0.1) is 6.92 Å². The maximum atomic E-state index is 14.9. The van der Waals surface area contributed by atoms with Crippen LogP contribution in [-0.2, 0) is 37.1 Å². The smallest absolute Gasteiger partial charge is 0.245 e. The van der Waals surface area contributed by atoms with Crippen LogP contribution in [0.3, 0.4) is 0 Å². The molecule has 0 amide bonds. The van der Waals surface area contributed by atoms with Crippen LogP contribution < -0.4 is 9.64 Å². The number of fused-ring (bicyclic) bond motifs is 1. The highest BCUT2D eigenvalue weighted by Crippen LogP contribution is 2.50. The largest absolute Gasteiger partial charge is 0.490 e. The predicted octanol–water partition coefficient (Wildman–Crippen LogP) is 8.39. The number of sulfonamides is 1. The highest BCUT2D eigenvalue weighted by molar-refractivity contribution is 7.89. The Hall–Kier alpha value is -2.77. The van der Waals surface area contributed by atoms with Gasteiger partial charge in [0.2, 0.25) is 18.3 Å². The molecule has 3 atom stereocenters. The molecule has 5 rings (SSSR count). The Morgan fingerprint density at radius 3 is 2.19 bits per heavy atom. The molecule has 11 heteroatoms. The van der Waals surface area contributed by atoms with E-state index in [-0.39, 0.29) is 40.6 Å². The van der Waals surface area contributed by atoms with Crippen LogP contribution in [0.25, 0.3) is 0 Å². The van der Waals surface area contributed by atoms with Crippen LogP contribution in [0.2, 0.25) is 16.6 Å². The average Bonchev–Trinajstić information content (AvgIpc) is 3.13. The van der Waals surface area contributed by atoms with E-state index in [0.29, 0.717) is 26.2 Å². The third-order valence-electron chi connectivity index (χ3n) is 11.4. The molecule has 0 unspecified atom stereocenters. The fourth-order valence-electron chi connectivity index (χ4n) is 8.76. The van der Waals surface area contributed by atoms with Crippen molar-refractivity contribution in [2.45, 2.75) is 121 Å². The monoisotopic (exact) mass is 766 g/mol. The Balaban J connectivity index is 1.57. The summed E-state index contributed by atoms with van der Waals surface area (Å²) in [7, 11) is -4.88. The van der Waals surface area contributed by atoms with E-state index >= 15 is 0 Å². The van der Waals surface area contributed by atoms with Crippen LogP contribution in [0.1, 0.15) is 89.5 Å². The quantitative estimate of drug-likeness (QED) is 0.115. The van der Waals surface area contributed by atoms with Crippen molar-refractivity contribution < 1.29 is 32.2 Å². The summed E-state index contributed by atoms with van der Waals surface area (Å²) >= 11 is 0. The van der Waals surface area contributed by atoms with Gasteiger partial charge in [-0.2, -0.15) is 4.31 Å². The molecule has 292 valence electrons. The van der Waals surface area contributed by atoms with E-state index < -0.39 is 30.2 Å². The number of aliphatic hydroxyl groups excluding tert-OH is 1. The molecule has 2 aliphatic rings. The normalized spacial score (nSPS) is 21.3. The molecule has 9 nitrogen and oxygen atoms in total. The van der Waals surface area contributed by atoms with E-state index in [1.54, 1.807) is 23.5 Å². The molecule has 0 bridgehead atoms. The maximum Gasteiger partial charge on any atom is 0.245 e. The maximum absolute atomic E-state index is 14.9. The third kappa shape index (κ3) is 8.87. The standard InChI is InChI=1S/C42H62N2O7SSi/c1-30(2)53(31(3)4,32(5)6)51-42(8)26-38(36-16-13-34(28-45)14-17-36)41(27-44(42)52(46,47)37-18-11-33(7)12-19-37)50-29-35-15-20-40-39(25-35)43(22-24-49-40)21-10-23-48-9/h11-20,25,30-32,38,41,45H,10,21-24,26-29H2,1-9H3/t38-,41+,42+/m1/s1. The summed E-state index contributed by atoms with van der Waals surface area (Å²) in [5.74, 6) is 0.676. The third-order valence-corrected chi connectivity index (χ3v) is 19.6. The van der Waals surface area contributed by atoms with Gasteiger partial charge in [-0.25, -0.2) is 8.42 Å². The average molecular weight is 767 g/mol. The van der Waals surface area contributed by atoms with Gasteiger partial charge in [0.25, 0.3) is 0 Å². The van der Waals surface area contributed by atoms with E-state index in [1.165, 1.54) is 0 Å². The highest BCUT2D eigenvalue weighted by atomic mass is 32.2. The molecule has 1 saturated heterocycles. The lowest BCUT2D eigenvalue weighted by Crippen LogP contribution is -2.65. The number of methoxy groups -OCH3 is 1. The molecule has 3 aromatic rings. The first-order valence-corrected chi connectivity index (χ1v) is 22.8. The number of anilines is 1. The van der Waals surface area contributed by atoms with Crippen LogP contribution in [-0.4, -0.2) is 77.9 Å². The van der Waals surface area contributed by atoms with E-state index in [9.17, 15) is 13.5 Å². The van der Waals surface area contributed by atoms with Gasteiger partial charge in [-0.3, -0.25) is 0 Å². The summed E-state index contributed by atoms with van der Waals surface area (Å²) in [6.45, 7) is 20.7. The van der Waals surface area contributed by atoms with Crippen molar-refractivity contribution >= 4 is 24.0 Å². The van der Waals surface area contributed by atoms with Crippen molar-refractivity contribution in [1.82, 2.24) is 4.31 Å². The predicted molar refractivity (Wildman–Crippen MR) is 215 cm³/mol. The van der Waals surface area contributed by atoms with Crippen LogP contribution in [0.15, 0.2) is 71.6 Å². The lowest BCUT2D eigenvalue weighted by atomic mass is 9.82. The molecule has 0 aromatic heterocycles. The summed E-state index contributed by atoms with van der Waals surface area (Å²) in [4.78, 5) is 2.58. The molecule has 3 aromatic carbocycles. The molecule has 53 heavy (non-hydrogen) atoms. The molecule has 0 spiro atoms. The first-order valence-electron chi connectivity index (χ1n) is 19.3. The second kappa shape index (κ2) is 17.4. The fourth-order valence-corrected chi connectivity index (χ4v) is 16.2. The van der Waals surface area contributed by atoms with Crippen molar-refractivity contribution in [2.75, 3.05) is 44.9 Å². The molecule has 2 aliphatic heterocycles. The fraction of sp³-hybridized carbons (Fsp3) is 0.571. The van der Waals surface area contributed by atoms with Gasteiger partial charge in [0.15, 0.2) is 0 Å². The number of piperidine rings is 1. The number of hydrogen-bond acceptors (Lipinski definition) is 8. The number of aliphatic hydroxyl groups is 1. The molecule has 0 radical (unpaired) electrons. The summed E-state index contributed by atoms with van der Waals surface area (Å²) in [6, 6.07) is 21.3. The summed E-state index contributed by atoms with van der Waals surface area (Å²) in [6.07, 6.45) is 0.842. The van der Waals surface area contributed by atoms with Gasteiger partial charge in [-0.05, 0) is 84.3 Å². The molecule has 0 saturated carbocycles. The van der Waals surface area contributed by atoms with Gasteiger partial charge in [0.05, 0.1) is 36.4 Å². The second-order valence-corrected chi connectivity index (χ2v) is 23.2. The van der Waals surface area contributed by atoms with Gasteiger partial charge in [-0.1, -0.05) is 89.6 Å². The van der Waals surface area contributed by atoms with Crippen LogP contribution >= 0.6 is 0 Å². The summed E-state index contributed by atoms with van der Waals surface area (Å²) in [5, 5.41) is 9.85. The zero-order chi connectivity index (χ0) is 38.6.